The van der Waals surface area contributed by atoms with Crippen LogP contribution in [0.15, 0.2) is 0 Å². The maximum Gasteiger partial charge on any atom is 0.323 e. The zero-order chi connectivity index (χ0) is 13.9. The summed E-state index contributed by atoms with van der Waals surface area (Å²) < 4.78 is 5.70. The zero-order valence-corrected chi connectivity index (χ0v) is 12.6. The van der Waals surface area contributed by atoms with Crippen LogP contribution >= 0.6 is 0 Å². The molecule has 1 N–H and O–H groups in total. The minimum atomic E-state index is -0.1000. The molecule has 4 nitrogen and oxygen atoms in total. The average molecular weight is 268 g/mol. The van der Waals surface area contributed by atoms with Gasteiger partial charge in [0.05, 0.1) is 0 Å². The van der Waals surface area contributed by atoms with Crippen LogP contribution in [0.4, 0.5) is 0 Å². The monoisotopic (exact) mass is 268 g/mol. The van der Waals surface area contributed by atoms with E-state index in [9.17, 15) is 4.79 Å². The number of carbonyl (C=O) groups is 1. The van der Waals surface area contributed by atoms with Crippen LogP contribution in [0.2, 0.25) is 0 Å². The van der Waals surface area contributed by atoms with Crippen molar-refractivity contribution in [1.29, 1.82) is 0 Å². The van der Waals surface area contributed by atoms with Gasteiger partial charge < -0.3 is 10.1 Å². The summed E-state index contributed by atoms with van der Waals surface area (Å²) >= 11 is 0. The first-order valence-corrected chi connectivity index (χ1v) is 7.63. The van der Waals surface area contributed by atoms with E-state index >= 15 is 0 Å². The number of rotatable bonds is 3. The molecule has 19 heavy (non-hydrogen) atoms. The lowest BCUT2D eigenvalue weighted by molar-refractivity contribution is -0.157. The minimum Gasteiger partial charge on any atom is -0.461 e. The highest BCUT2D eigenvalue weighted by molar-refractivity contribution is 5.75. The number of esters is 1. The third-order valence-electron chi connectivity index (χ3n) is 4.61. The maximum atomic E-state index is 12.2. The van der Waals surface area contributed by atoms with Crippen molar-refractivity contribution >= 4 is 5.97 Å². The quantitative estimate of drug-likeness (QED) is 0.792. The standard InChI is InChI=1S/C15H28N2O2/c1-12(17-10-8-16-9-11-17)14(18)19-13-4-6-15(2,3)7-5-13/h12-13,16H,4-11H2,1-3H3. The SMILES string of the molecule is CC(C(=O)OC1CCC(C)(C)CC1)N1CCNCC1. The first-order valence-electron chi connectivity index (χ1n) is 7.63. The molecule has 1 saturated carbocycles. The number of carbonyl (C=O) groups excluding carboxylic acids is 1. The topological polar surface area (TPSA) is 41.6 Å². The molecular formula is C15H28N2O2. The van der Waals surface area contributed by atoms with Gasteiger partial charge in [0, 0.05) is 26.2 Å². The molecule has 0 radical (unpaired) electrons. The van der Waals surface area contributed by atoms with Crippen molar-refractivity contribution in [2.24, 2.45) is 5.41 Å². The van der Waals surface area contributed by atoms with Crippen molar-refractivity contribution < 1.29 is 9.53 Å². The van der Waals surface area contributed by atoms with E-state index in [0.717, 1.165) is 51.9 Å². The van der Waals surface area contributed by atoms with Crippen molar-refractivity contribution in [1.82, 2.24) is 10.2 Å². The van der Waals surface area contributed by atoms with E-state index < -0.39 is 0 Å². The molecule has 110 valence electrons. The van der Waals surface area contributed by atoms with Crippen LogP contribution in [-0.4, -0.2) is 49.2 Å². The van der Waals surface area contributed by atoms with Crippen LogP contribution in [-0.2, 0) is 9.53 Å². The molecule has 1 saturated heterocycles. The van der Waals surface area contributed by atoms with Crippen LogP contribution in [0.25, 0.3) is 0 Å². The van der Waals surface area contributed by atoms with E-state index in [1.807, 2.05) is 6.92 Å². The molecule has 0 aromatic heterocycles. The van der Waals surface area contributed by atoms with Crippen molar-refractivity contribution in [2.45, 2.75) is 58.6 Å². The van der Waals surface area contributed by atoms with Gasteiger partial charge in [-0.3, -0.25) is 9.69 Å². The van der Waals surface area contributed by atoms with E-state index in [4.69, 9.17) is 4.74 Å². The summed E-state index contributed by atoms with van der Waals surface area (Å²) in [5.74, 6) is -0.0355. The fourth-order valence-corrected chi connectivity index (χ4v) is 2.97. The molecule has 2 fully saturated rings. The Morgan fingerprint density at radius 2 is 1.84 bits per heavy atom. The highest BCUT2D eigenvalue weighted by atomic mass is 16.5. The van der Waals surface area contributed by atoms with Crippen LogP contribution in [0.3, 0.4) is 0 Å². The second kappa shape index (κ2) is 6.23. The van der Waals surface area contributed by atoms with Crippen LogP contribution in [0.5, 0.6) is 0 Å². The van der Waals surface area contributed by atoms with E-state index in [1.54, 1.807) is 0 Å². The molecular weight excluding hydrogens is 240 g/mol. The lowest BCUT2D eigenvalue weighted by atomic mass is 9.76. The molecule has 4 heteroatoms. The second-order valence-electron chi connectivity index (χ2n) is 6.76. The number of nitrogens with zero attached hydrogens (tertiary/aromatic N) is 1. The normalized spacial score (nSPS) is 26.9. The Hall–Kier alpha value is -0.610. The fraction of sp³-hybridized carbons (Fsp3) is 0.933. The third kappa shape index (κ3) is 4.18. The van der Waals surface area contributed by atoms with Gasteiger partial charge in [-0.25, -0.2) is 0 Å². The van der Waals surface area contributed by atoms with Gasteiger partial charge in [0.2, 0.25) is 0 Å². The van der Waals surface area contributed by atoms with E-state index in [0.29, 0.717) is 5.41 Å². The average Bonchev–Trinajstić information content (AvgIpc) is 2.41. The first-order chi connectivity index (χ1) is 8.98. The van der Waals surface area contributed by atoms with Crippen molar-refractivity contribution in [2.75, 3.05) is 26.2 Å². The minimum absolute atomic E-state index is 0.0355. The van der Waals surface area contributed by atoms with Gasteiger partial charge in [0.25, 0.3) is 0 Å². The maximum absolute atomic E-state index is 12.2. The molecule has 1 heterocycles. The molecule has 0 aromatic rings. The molecule has 1 unspecified atom stereocenters. The number of hydrogen-bond acceptors (Lipinski definition) is 4. The summed E-state index contributed by atoms with van der Waals surface area (Å²) in [7, 11) is 0. The zero-order valence-electron chi connectivity index (χ0n) is 12.6. The molecule has 0 amide bonds. The lowest BCUT2D eigenvalue weighted by Gasteiger charge is -2.36. The largest absolute Gasteiger partial charge is 0.461 e. The van der Waals surface area contributed by atoms with Crippen molar-refractivity contribution in [3.63, 3.8) is 0 Å². The second-order valence-corrected chi connectivity index (χ2v) is 6.76. The smallest absolute Gasteiger partial charge is 0.323 e. The van der Waals surface area contributed by atoms with Gasteiger partial charge in [-0.15, -0.1) is 0 Å². The molecule has 1 atom stereocenters. The molecule has 0 spiro atoms. The molecule has 2 aliphatic rings. The van der Waals surface area contributed by atoms with Gasteiger partial charge in [-0.1, -0.05) is 13.8 Å². The Bertz CT molecular complexity index is 301. The van der Waals surface area contributed by atoms with E-state index in [-0.39, 0.29) is 18.1 Å². The van der Waals surface area contributed by atoms with Gasteiger partial charge in [0.1, 0.15) is 12.1 Å². The summed E-state index contributed by atoms with van der Waals surface area (Å²) in [4.78, 5) is 14.4. The van der Waals surface area contributed by atoms with Gasteiger partial charge in [0.15, 0.2) is 0 Å². The number of piperazine rings is 1. The van der Waals surface area contributed by atoms with Crippen molar-refractivity contribution in [3.05, 3.63) is 0 Å². The van der Waals surface area contributed by atoms with Gasteiger partial charge in [-0.2, -0.15) is 0 Å². The number of ether oxygens (including phenoxy) is 1. The Morgan fingerprint density at radius 3 is 2.42 bits per heavy atom. The van der Waals surface area contributed by atoms with E-state index in [1.165, 1.54) is 0 Å². The van der Waals surface area contributed by atoms with E-state index in [2.05, 4.69) is 24.1 Å². The molecule has 2 rings (SSSR count). The molecule has 0 aromatic carbocycles. The van der Waals surface area contributed by atoms with Gasteiger partial charge in [-0.05, 0) is 38.0 Å². The summed E-state index contributed by atoms with van der Waals surface area (Å²) in [6.45, 7) is 10.4. The Kier molecular flexibility index (Phi) is 4.85. The van der Waals surface area contributed by atoms with Crippen LogP contribution < -0.4 is 5.32 Å². The fourth-order valence-electron chi connectivity index (χ4n) is 2.97. The highest BCUT2D eigenvalue weighted by Crippen LogP contribution is 2.36. The first kappa shape index (κ1) is 14.8. The Morgan fingerprint density at radius 1 is 1.26 bits per heavy atom. The number of hydrogen-bond donors (Lipinski definition) is 1. The van der Waals surface area contributed by atoms with Crippen LogP contribution in [0, 0.1) is 5.41 Å². The summed E-state index contributed by atoms with van der Waals surface area (Å²) in [5.41, 5.74) is 0.424. The predicted molar refractivity (Wildman–Crippen MR) is 76.0 cm³/mol. The summed E-state index contributed by atoms with van der Waals surface area (Å²) in [5, 5.41) is 3.31. The predicted octanol–water partition coefficient (Wildman–Crippen LogP) is 1.79. The Balaban J connectivity index is 1.77. The highest BCUT2D eigenvalue weighted by Gasteiger charge is 2.31. The Labute approximate surface area is 116 Å². The third-order valence-corrected chi connectivity index (χ3v) is 4.61. The summed E-state index contributed by atoms with van der Waals surface area (Å²) in [6.07, 6.45) is 4.51. The number of nitrogens with one attached hydrogen (secondary N) is 1. The lowest BCUT2D eigenvalue weighted by Crippen LogP contribution is -2.51. The molecule has 0 bridgehead atoms. The van der Waals surface area contributed by atoms with Crippen molar-refractivity contribution in [3.8, 4) is 0 Å². The molecule has 1 aliphatic carbocycles. The van der Waals surface area contributed by atoms with Crippen LogP contribution in [0.1, 0.15) is 46.5 Å². The van der Waals surface area contributed by atoms with Gasteiger partial charge >= 0.3 is 5.97 Å². The molecule has 1 aliphatic heterocycles. The summed E-state index contributed by atoms with van der Waals surface area (Å²) in [6, 6.07) is -0.1000.